The van der Waals surface area contributed by atoms with E-state index in [2.05, 4.69) is 0 Å². The predicted molar refractivity (Wildman–Crippen MR) is 125 cm³/mol. The number of benzene rings is 4. The van der Waals surface area contributed by atoms with Gasteiger partial charge in [-0.2, -0.15) is 0 Å². The second kappa shape index (κ2) is 11.0. The number of ether oxygens (including phenoxy) is 2. The molecule has 0 aliphatic heterocycles. The minimum Gasteiger partial charge on any atom is -0.508 e. The van der Waals surface area contributed by atoms with Crippen molar-refractivity contribution in [1.82, 2.24) is 0 Å². The highest BCUT2D eigenvalue weighted by molar-refractivity contribution is 5.44. The highest BCUT2D eigenvalue weighted by atomic mass is 16.5. The Bertz CT molecular complexity index is 992. The molecule has 0 heterocycles. The monoisotopic (exact) mass is 418 g/mol. The smallest absolute Gasteiger partial charge is 0.131 e. The van der Waals surface area contributed by atoms with E-state index in [-0.39, 0.29) is 18.9 Å². The van der Waals surface area contributed by atoms with E-state index in [4.69, 9.17) is 20.9 Å². The number of hydrogen-bond donors (Lipinski definition) is 4. The van der Waals surface area contributed by atoms with Gasteiger partial charge in [0.1, 0.15) is 34.5 Å². The fraction of sp³-hybridized carbons (Fsp3) is 0.0400. The molecule has 0 unspecified atom stereocenters. The highest BCUT2D eigenvalue weighted by Gasteiger charge is 1.98. The summed E-state index contributed by atoms with van der Waals surface area (Å²) in [4.78, 5) is 0. The van der Waals surface area contributed by atoms with Gasteiger partial charge < -0.3 is 31.2 Å². The summed E-state index contributed by atoms with van der Waals surface area (Å²) in [5.41, 5.74) is 12.5. The third kappa shape index (κ3) is 7.55. The summed E-state index contributed by atoms with van der Waals surface area (Å²) in [5.74, 6) is 2.94. The largest absolute Gasteiger partial charge is 0.508 e. The molecule has 0 aliphatic carbocycles. The molecule has 0 fully saturated rings. The van der Waals surface area contributed by atoms with E-state index in [0.29, 0.717) is 34.4 Å². The molecule has 0 aromatic heterocycles. The molecule has 4 aromatic carbocycles. The summed E-state index contributed by atoms with van der Waals surface area (Å²) in [6.45, 7) is 0. The zero-order valence-electron chi connectivity index (χ0n) is 16.1. The first kappa shape index (κ1) is 23.0. The Hall–Kier alpha value is -4.32. The fourth-order valence-corrected chi connectivity index (χ4v) is 2.44. The van der Waals surface area contributed by atoms with Gasteiger partial charge in [0.2, 0.25) is 0 Å². The number of hydrogen-bond acceptors (Lipinski definition) is 6. The molecule has 0 amide bonds. The van der Waals surface area contributed by atoms with Crippen LogP contribution in [0.15, 0.2) is 97.1 Å². The number of aromatic hydroxyl groups is 2. The average Bonchev–Trinajstić information content (AvgIpc) is 2.72. The molecule has 6 heteroatoms. The van der Waals surface area contributed by atoms with Crippen LogP contribution in [0.25, 0.3) is 0 Å². The molecule has 4 rings (SSSR count). The van der Waals surface area contributed by atoms with Gasteiger partial charge in [0, 0.05) is 23.5 Å². The van der Waals surface area contributed by atoms with Crippen LogP contribution in [0.4, 0.5) is 11.4 Å². The van der Waals surface area contributed by atoms with E-state index in [1.807, 2.05) is 0 Å². The highest BCUT2D eigenvalue weighted by Crippen LogP contribution is 2.26. The maximum Gasteiger partial charge on any atom is 0.131 e. The molecule has 0 spiro atoms. The Kier molecular flexibility index (Phi) is 8.16. The Morgan fingerprint density at radius 1 is 0.484 bits per heavy atom. The second-order valence-electron chi connectivity index (χ2n) is 6.34. The Morgan fingerprint density at radius 3 is 1.16 bits per heavy atom. The average molecular weight is 418 g/mol. The van der Waals surface area contributed by atoms with Gasteiger partial charge in [-0.25, -0.2) is 0 Å². The number of nitrogens with two attached hydrogens (primary N) is 2. The number of phenols is 2. The first-order valence-corrected chi connectivity index (χ1v) is 9.13. The van der Waals surface area contributed by atoms with E-state index >= 15 is 0 Å². The van der Waals surface area contributed by atoms with Gasteiger partial charge in [-0.05, 0) is 72.8 Å². The first-order valence-electron chi connectivity index (χ1n) is 9.13. The third-order valence-corrected chi connectivity index (χ3v) is 3.87. The Balaban J connectivity index is 0.000000213. The minimum atomic E-state index is 0. The molecule has 31 heavy (non-hydrogen) atoms. The molecule has 0 atom stereocenters. The van der Waals surface area contributed by atoms with E-state index < -0.39 is 0 Å². The lowest BCUT2D eigenvalue weighted by atomic mass is 10.3. The molecule has 0 saturated heterocycles. The number of nitrogen functional groups attached to an aromatic ring is 2. The fourth-order valence-electron chi connectivity index (χ4n) is 2.44. The maximum atomic E-state index is 9.24. The summed E-state index contributed by atoms with van der Waals surface area (Å²) in [7, 11) is 0. The molecular weight excluding hydrogens is 392 g/mol. The van der Waals surface area contributed by atoms with Crippen LogP contribution >= 0.6 is 0 Å². The predicted octanol–water partition coefficient (Wildman–Crippen LogP) is 6.17. The normalized spacial score (nSPS) is 9.55. The number of rotatable bonds is 4. The lowest BCUT2D eigenvalue weighted by Crippen LogP contribution is -1.86. The molecule has 0 radical (unpaired) electrons. The molecule has 6 nitrogen and oxygen atoms in total. The Morgan fingerprint density at radius 2 is 0.839 bits per heavy atom. The summed E-state index contributed by atoms with van der Waals surface area (Å²) in [5, 5.41) is 18.5. The topological polar surface area (TPSA) is 111 Å². The van der Waals surface area contributed by atoms with Gasteiger partial charge in [0.25, 0.3) is 0 Å². The van der Waals surface area contributed by atoms with Gasteiger partial charge in [0.15, 0.2) is 0 Å². The summed E-state index contributed by atoms with van der Waals surface area (Å²) < 4.78 is 11.0. The third-order valence-electron chi connectivity index (χ3n) is 3.87. The molecular formula is C25H26N2O4. The lowest BCUT2D eigenvalue weighted by molar-refractivity contribution is 0.454. The summed E-state index contributed by atoms with van der Waals surface area (Å²) >= 11 is 0. The molecule has 160 valence electrons. The van der Waals surface area contributed by atoms with Crippen molar-refractivity contribution < 1.29 is 19.7 Å². The number of anilines is 2. The van der Waals surface area contributed by atoms with E-state index in [9.17, 15) is 10.2 Å². The van der Waals surface area contributed by atoms with Crippen LogP contribution in [0.5, 0.6) is 34.5 Å². The SMILES string of the molecule is C.Nc1ccc(Oc2cccc(O)c2)cc1.Nc1ccc(Oc2cccc(O)c2)cc1. The molecule has 0 aliphatic rings. The number of phenolic OH excluding ortho intramolecular Hbond substituents is 2. The Labute approximate surface area is 181 Å². The molecule has 6 N–H and O–H groups in total. The van der Waals surface area contributed by atoms with Crippen LogP contribution in [-0.4, -0.2) is 10.2 Å². The van der Waals surface area contributed by atoms with Crippen molar-refractivity contribution in [2.24, 2.45) is 0 Å². The first-order chi connectivity index (χ1) is 14.5. The van der Waals surface area contributed by atoms with Gasteiger partial charge >= 0.3 is 0 Å². The van der Waals surface area contributed by atoms with Crippen molar-refractivity contribution in [3.63, 3.8) is 0 Å². The molecule has 4 aromatic rings. The van der Waals surface area contributed by atoms with Gasteiger partial charge in [-0.15, -0.1) is 0 Å². The van der Waals surface area contributed by atoms with Crippen LogP contribution < -0.4 is 20.9 Å². The van der Waals surface area contributed by atoms with Crippen molar-refractivity contribution in [3.8, 4) is 34.5 Å². The van der Waals surface area contributed by atoms with Crippen molar-refractivity contribution in [2.75, 3.05) is 11.5 Å². The molecule has 0 saturated carbocycles. The standard InChI is InChI=1S/2C12H11NO2.CH4/c2*13-9-4-6-11(7-5-9)15-12-3-1-2-10(14)8-12;/h2*1-8,14H,13H2;1H4. The van der Waals surface area contributed by atoms with Crippen LogP contribution in [0, 0.1) is 0 Å². The van der Waals surface area contributed by atoms with Gasteiger partial charge in [-0.3, -0.25) is 0 Å². The van der Waals surface area contributed by atoms with Crippen molar-refractivity contribution in [3.05, 3.63) is 97.1 Å². The van der Waals surface area contributed by atoms with Crippen LogP contribution in [0.3, 0.4) is 0 Å². The van der Waals surface area contributed by atoms with Gasteiger partial charge in [-0.1, -0.05) is 19.6 Å². The summed E-state index contributed by atoms with van der Waals surface area (Å²) in [6.07, 6.45) is 0. The van der Waals surface area contributed by atoms with Crippen molar-refractivity contribution in [1.29, 1.82) is 0 Å². The quantitative estimate of drug-likeness (QED) is 0.295. The summed E-state index contributed by atoms with van der Waals surface area (Å²) in [6, 6.07) is 27.4. The zero-order chi connectivity index (χ0) is 21.3. The van der Waals surface area contributed by atoms with Crippen LogP contribution in [-0.2, 0) is 0 Å². The van der Waals surface area contributed by atoms with Crippen LogP contribution in [0.1, 0.15) is 7.43 Å². The maximum absolute atomic E-state index is 9.24. The minimum absolute atomic E-state index is 0. The second-order valence-corrected chi connectivity index (χ2v) is 6.34. The van der Waals surface area contributed by atoms with Crippen LogP contribution in [0.2, 0.25) is 0 Å². The van der Waals surface area contributed by atoms with Crippen molar-refractivity contribution >= 4 is 11.4 Å². The van der Waals surface area contributed by atoms with E-state index in [0.717, 1.165) is 0 Å². The molecule has 0 bridgehead atoms. The van der Waals surface area contributed by atoms with E-state index in [1.165, 1.54) is 0 Å². The van der Waals surface area contributed by atoms with Crippen molar-refractivity contribution in [2.45, 2.75) is 7.43 Å². The van der Waals surface area contributed by atoms with E-state index in [1.54, 1.807) is 97.1 Å². The van der Waals surface area contributed by atoms with Gasteiger partial charge in [0.05, 0.1) is 0 Å². The lowest BCUT2D eigenvalue weighted by Gasteiger charge is -2.05. The zero-order valence-corrected chi connectivity index (χ0v) is 16.1.